The van der Waals surface area contributed by atoms with Gasteiger partial charge in [0.15, 0.2) is 0 Å². The summed E-state index contributed by atoms with van der Waals surface area (Å²) < 4.78 is 12.8. The molecule has 2 aromatic carbocycles. The topological polar surface area (TPSA) is 70.2 Å². The lowest BCUT2D eigenvalue weighted by atomic mass is 10.1. The normalized spacial score (nSPS) is 11.0. The smallest absolute Gasteiger partial charge is 0.424 e. The molecule has 0 saturated heterocycles. The molecule has 0 spiro atoms. The van der Waals surface area contributed by atoms with Crippen molar-refractivity contribution in [3.05, 3.63) is 107 Å². The molecule has 152 valence electrons. The summed E-state index contributed by atoms with van der Waals surface area (Å²) in [6.45, 7) is 2.15. The highest BCUT2D eigenvalue weighted by molar-refractivity contribution is 5.78. The Hall–Kier alpha value is -4.19. The zero-order valence-electron chi connectivity index (χ0n) is 16.9. The summed E-state index contributed by atoms with van der Waals surface area (Å²) in [5, 5.41) is 1.10. The van der Waals surface area contributed by atoms with Gasteiger partial charge in [0.25, 0.3) is 0 Å². The van der Waals surface area contributed by atoms with Crippen LogP contribution in [0, 0.1) is 6.92 Å². The summed E-state index contributed by atoms with van der Waals surface area (Å²) in [5.74, 6) is 0.843. The van der Waals surface area contributed by atoms with E-state index in [0.717, 1.165) is 27.9 Å². The lowest BCUT2D eigenvalue weighted by Gasteiger charge is -2.09. The highest BCUT2D eigenvalue weighted by atomic mass is 16.5. The van der Waals surface area contributed by atoms with Gasteiger partial charge < -0.3 is 9.15 Å². The van der Waals surface area contributed by atoms with E-state index in [1.807, 2.05) is 60.7 Å². The summed E-state index contributed by atoms with van der Waals surface area (Å²) in [6, 6.07) is 23.1. The Morgan fingerprint density at radius 3 is 2.52 bits per heavy atom. The second-order valence-corrected chi connectivity index (χ2v) is 7.12. The predicted octanol–water partition coefficient (Wildman–Crippen LogP) is 4.93. The van der Waals surface area contributed by atoms with Crippen LogP contribution in [-0.4, -0.2) is 14.5 Å². The van der Waals surface area contributed by atoms with Gasteiger partial charge in [0.05, 0.1) is 22.6 Å². The van der Waals surface area contributed by atoms with E-state index >= 15 is 0 Å². The van der Waals surface area contributed by atoms with Crippen molar-refractivity contribution in [2.45, 2.75) is 13.5 Å². The molecule has 3 heterocycles. The molecule has 0 fully saturated rings. The Kier molecular flexibility index (Phi) is 4.80. The molecule has 0 N–H and O–H groups in total. The lowest BCUT2D eigenvalue weighted by Crippen LogP contribution is -2.13. The minimum atomic E-state index is -0.429. The van der Waals surface area contributed by atoms with Gasteiger partial charge in [0.1, 0.15) is 18.1 Å². The molecule has 5 rings (SSSR count). The monoisotopic (exact) mass is 409 g/mol. The number of pyridine rings is 2. The van der Waals surface area contributed by atoms with Crippen molar-refractivity contribution in [3.8, 4) is 22.7 Å². The third-order valence-electron chi connectivity index (χ3n) is 5.07. The van der Waals surface area contributed by atoms with Crippen molar-refractivity contribution in [2.75, 3.05) is 0 Å². The first-order chi connectivity index (χ1) is 15.2. The fourth-order valence-corrected chi connectivity index (χ4v) is 3.59. The fourth-order valence-electron chi connectivity index (χ4n) is 3.59. The van der Waals surface area contributed by atoms with Crippen LogP contribution in [0.5, 0.6) is 5.75 Å². The lowest BCUT2D eigenvalue weighted by molar-refractivity contribution is 0.302. The van der Waals surface area contributed by atoms with Crippen LogP contribution < -0.4 is 10.5 Å². The SMILES string of the molecule is Cc1oc(=O)n(-c2ccncc2)c1-c1ccc(OCc2ccc3ccccc3n2)cc1. The zero-order chi connectivity index (χ0) is 21.2. The van der Waals surface area contributed by atoms with Gasteiger partial charge in [-0.15, -0.1) is 0 Å². The van der Waals surface area contributed by atoms with E-state index in [9.17, 15) is 4.79 Å². The molecule has 0 saturated carbocycles. The molecule has 31 heavy (non-hydrogen) atoms. The van der Waals surface area contributed by atoms with E-state index in [-0.39, 0.29) is 0 Å². The molecule has 0 unspecified atom stereocenters. The maximum absolute atomic E-state index is 12.4. The largest absolute Gasteiger partial charge is 0.487 e. The van der Waals surface area contributed by atoms with Crippen LogP contribution in [0.15, 0.2) is 94.4 Å². The number of benzene rings is 2. The number of para-hydroxylation sites is 1. The molecule has 0 aliphatic rings. The summed E-state index contributed by atoms with van der Waals surface area (Å²) in [5.41, 5.74) is 4.08. The molecule has 0 aliphatic heterocycles. The molecule has 0 amide bonds. The van der Waals surface area contributed by atoms with Crippen LogP contribution in [0.3, 0.4) is 0 Å². The highest BCUT2D eigenvalue weighted by Gasteiger charge is 2.17. The maximum Gasteiger partial charge on any atom is 0.424 e. The van der Waals surface area contributed by atoms with Crippen molar-refractivity contribution in [1.29, 1.82) is 0 Å². The first-order valence-electron chi connectivity index (χ1n) is 9.90. The highest BCUT2D eigenvalue weighted by Crippen LogP contribution is 2.27. The molecule has 0 radical (unpaired) electrons. The molecule has 6 heteroatoms. The molecule has 0 atom stereocenters. The van der Waals surface area contributed by atoms with Crippen LogP contribution in [0.25, 0.3) is 27.8 Å². The number of nitrogens with zero attached hydrogens (tertiary/aromatic N) is 3. The van der Waals surface area contributed by atoms with E-state index < -0.39 is 5.76 Å². The van der Waals surface area contributed by atoms with Crippen LogP contribution in [0.2, 0.25) is 0 Å². The predicted molar refractivity (Wildman–Crippen MR) is 118 cm³/mol. The number of ether oxygens (including phenoxy) is 1. The van der Waals surface area contributed by atoms with Crippen LogP contribution in [-0.2, 0) is 6.61 Å². The van der Waals surface area contributed by atoms with Crippen molar-refractivity contribution in [1.82, 2.24) is 14.5 Å². The number of aryl methyl sites for hydroxylation is 1. The number of oxazole rings is 1. The van der Waals surface area contributed by atoms with Gasteiger partial charge in [-0.1, -0.05) is 24.3 Å². The molecular formula is C25H19N3O3. The van der Waals surface area contributed by atoms with E-state index in [1.165, 1.54) is 0 Å². The van der Waals surface area contributed by atoms with E-state index in [0.29, 0.717) is 23.7 Å². The quantitative estimate of drug-likeness (QED) is 0.412. The molecule has 3 aromatic heterocycles. The Morgan fingerprint density at radius 2 is 1.71 bits per heavy atom. The Bertz CT molecular complexity index is 1400. The minimum absolute atomic E-state index is 0.372. The fraction of sp³-hybridized carbons (Fsp3) is 0.0800. The average Bonchev–Trinajstić information content (AvgIpc) is 3.12. The second kappa shape index (κ2) is 7.91. The molecular weight excluding hydrogens is 390 g/mol. The maximum atomic E-state index is 12.4. The van der Waals surface area contributed by atoms with Crippen molar-refractivity contribution in [2.24, 2.45) is 0 Å². The number of hydrogen-bond acceptors (Lipinski definition) is 5. The third-order valence-corrected chi connectivity index (χ3v) is 5.07. The van der Waals surface area contributed by atoms with Crippen molar-refractivity contribution in [3.63, 3.8) is 0 Å². The van der Waals surface area contributed by atoms with Crippen LogP contribution in [0.1, 0.15) is 11.5 Å². The Labute approximate surface area is 178 Å². The standard InChI is InChI=1S/C25H19N3O3/c1-17-24(28(25(29)31-17)21-12-14-26-15-13-21)19-7-10-22(11-8-19)30-16-20-9-6-18-4-2-3-5-23(18)27-20/h2-15H,16H2,1H3. The summed E-state index contributed by atoms with van der Waals surface area (Å²) >= 11 is 0. The third kappa shape index (κ3) is 3.71. The van der Waals surface area contributed by atoms with Gasteiger partial charge >= 0.3 is 5.76 Å². The number of hydrogen-bond donors (Lipinski definition) is 0. The minimum Gasteiger partial charge on any atom is -0.487 e. The van der Waals surface area contributed by atoms with Gasteiger partial charge in [0.2, 0.25) is 0 Å². The van der Waals surface area contributed by atoms with E-state index in [2.05, 4.69) is 9.97 Å². The molecule has 5 aromatic rings. The summed E-state index contributed by atoms with van der Waals surface area (Å²) in [6.07, 6.45) is 3.29. The Balaban J connectivity index is 1.39. The summed E-state index contributed by atoms with van der Waals surface area (Å²) in [7, 11) is 0. The van der Waals surface area contributed by atoms with Gasteiger partial charge in [-0.2, -0.15) is 0 Å². The molecule has 6 nitrogen and oxygen atoms in total. The van der Waals surface area contributed by atoms with E-state index in [1.54, 1.807) is 36.0 Å². The van der Waals surface area contributed by atoms with Gasteiger partial charge in [-0.3, -0.25) is 4.98 Å². The molecule has 0 aliphatic carbocycles. The van der Waals surface area contributed by atoms with Crippen molar-refractivity contribution >= 4 is 10.9 Å². The second-order valence-electron chi connectivity index (χ2n) is 7.12. The van der Waals surface area contributed by atoms with Gasteiger partial charge in [-0.05, 0) is 55.5 Å². The van der Waals surface area contributed by atoms with E-state index in [4.69, 9.17) is 9.15 Å². The van der Waals surface area contributed by atoms with Gasteiger partial charge in [0, 0.05) is 23.3 Å². The van der Waals surface area contributed by atoms with Crippen LogP contribution in [0.4, 0.5) is 0 Å². The average molecular weight is 409 g/mol. The number of aromatic nitrogens is 3. The summed E-state index contributed by atoms with van der Waals surface area (Å²) in [4.78, 5) is 21.0. The number of rotatable bonds is 5. The Morgan fingerprint density at radius 1 is 0.935 bits per heavy atom. The van der Waals surface area contributed by atoms with Crippen LogP contribution >= 0.6 is 0 Å². The number of fused-ring (bicyclic) bond motifs is 1. The zero-order valence-corrected chi connectivity index (χ0v) is 16.9. The molecule has 0 bridgehead atoms. The van der Waals surface area contributed by atoms with Crippen molar-refractivity contribution < 1.29 is 9.15 Å². The first-order valence-corrected chi connectivity index (χ1v) is 9.90. The van der Waals surface area contributed by atoms with Gasteiger partial charge in [-0.25, -0.2) is 14.3 Å². The first kappa shape index (κ1) is 18.8.